The second kappa shape index (κ2) is 5.22. The first-order chi connectivity index (χ1) is 10.0. The fourth-order valence-corrected chi connectivity index (χ4v) is 2.51. The lowest BCUT2D eigenvalue weighted by atomic mass is 10.1. The van der Waals surface area contributed by atoms with Crippen LogP contribution >= 0.6 is 11.6 Å². The summed E-state index contributed by atoms with van der Waals surface area (Å²) in [6.45, 7) is 0.336. The third-order valence-electron chi connectivity index (χ3n) is 3.37. The van der Waals surface area contributed by atoms with E-state index < -0.39 is 5.97 Å². The summed E-state index contributed by atoms with van der Waals surface area (Å²) >= 11 is 5.89. The van der Waals surface area contributed by atoms with E-state index >= 15 is 0 Å². The lowest BCUT2D eigenvalue weighted by Crippen LogP contribution is -2.01. The van der Waals surface area contributed by atoms with Crippen molar-refractivity contribution in [1.29, 1.82) is 0 Å². The third kappa shape index (κ3) is 2.62. The number of carboxylic acid groups (broad SMARTS) is 1. The van der Waals surface area contributed by atoms with E-state index in [-0.39, 0.29) is 11.4 Å². The lowest BCUT2D eigenvalue weighted by molar-refractivity contribution is 0.0697. The minimum Gasteiger partial charge on any atom is -0.478 e. The molecule has 0 bridgehead atoms. The highest BCUT2D eigenvalue weighted by molar-refractivity contribution is 6.30. The number of halogens is 2. The molecule has 0 atom stereocenters. The topological polar surface area (TPSA) is 42.2 Å². The van der Waals surface area contributed by atoms with Crippen LogP contribution in [0.4, 0.5) is 4.39 Å². The summed E-state index contributed by atoms with van der Waals surface area (Å²) in [6, 6.07) is 11.1. The maximum absolute atomic E-state index is 13.8. The Balaban J connectivity index is 2.01. The normalized spacial score (nSPS) is 11.0. The second-order valence-electron chi connectivity index (χ2n) is 4.76. The first-order valence-electron chi connectivity index (χ1n) is 6.31. The van der Waals surface area contributed by atoms with Crippen molar-refractivity contribution in [3.63, 3.8) is 0 Å². The molecule has 0 radical (unpaired) electrons. The highest BCUT2D eigenvalue weighted by Crippen LogP contribution is 2.21. The standard InChI is InChI=1S/C16H11ClFNO2/c17-13-2-3-14(18)12(8-13)9-19-6-5-10-7-11(16(20)21)1-4-15(10)19/h1-8H,9H2,(H,20,21). The van der Waals surface area contributed by atoms with Crippen LogP contribution in [0, 0.1) is 5.82 Å². The summed E-state index contributed by atoms with van der Waals surface area (Å²) in [7, 11) is 0. The Kier molecular flexibility index (Phi) is 3.39. The number of hydrogen-bond donors (Lipinski definition) is 1. The molecule has 0 unspecified atom stereocenters. The van der Waals surface area contributed by atoms with Gasteiger partial charge in [-0.05, 0) is 42.5 Å². The molecule has 3 aromatic rings. The summed E-state index contributed by atoms with van der Waals surface area (Å²) in [5.41, 5.74) is 1.57. The van der Waals surface area contributed by atoms with Crippen molar-refractivity contribution in [3.8, 4) is 0 Å². The number of carbonyl (C=O) groups is 1. The van der Waals surface area contributed by atoms with Gasteiger partial charge in [0.25, 0.3) is 0 Å². The number of benzene rings is 2. The van der Waals surface area contributed by atoms with Gasteiger partial charge in [0.2, 0.25) is 0 Å². The Labute approximate surface area is 125 Å². The highest BCUT2D eigenvalue weighted by atomic mass is 35.5. The summed E-state index contributed by atoms with van der Waals surface area (Å²) in [5, 5.41) is 10.3. The maximum atomic E-state index is 13.8. The van der Waals surface area contributed by atoms with Gasteiger partial charge in [0.1, 0.15) is 5.82 Å². The Morgan fingerprint density at radius 3 is 2.76 bits per heavy atom. The molecular formula is C16H11ClFNO2. The van der Waals surface area contributed by atoms with Crippen LogP contribution in [0.3, 0.4) is 0 Å². The molecule has 0 amide bonds. The van der Waals surface area contributed by atoms with Crippen molar-refractivity contribution < 1.29 is 14.3 Å². The zero-order valence-corrected chi connectivity index (χ0v) is 11.6. The van der Waals surface area contributed by atoms with Gasteiger partial charge in [0.15, 0.2) is 0 Å². The van der Waals surface area contributed by atoms with Crippen molar-refractivity contribution in [2.45, 2.75) is 6.54 Å². The second-order valence-corrected chi connectivity index (χ2v) is 5.19. The van der Waals surface area contributed by atoms with Crippen molar-refractivity contribution in [2.75, 3.05) is 0 Å². The fraction of sp³-hybridized carbons (Fsp3) is 0.0625. The van der Waals surface area contributed by atoms with Crippen LogP contribution in [0.25, 0.3) is 10.9 Å². The Hall–Kier alpha value is -2.33. The SMILES string of the molecule is O=C(O)c1ccc2c(ccn2Cc2cc(Cl)ccc2F)c1. The Morgan fingerprint density at radius 2 is 2.00 bits per heavy atom. The largest absolute Gasteiger partial charge is 0.478 e. The summed E-state index contributed by atoms with van der Waals surface area (Å²) in [6.07, 6.45) is 1.80. The molecule has 0 saturated heterocycles. The van der Waals surface area contributed by atoms with Crippen LogP contribution < -0.4 is 0 Å². The van der Waals surface area contributed by atoms with E-state index in [1.165, 1.54) is 18.2 Å². The van der Waals surface area contributed by atoms with Gasteiger partial charge in [0.05, 0.1) is 12.1 Å². The molecule has 5 heteroatoms. The minimum absolute atomic E-state index is 0.231. The average molecular weight is 304 g/mol. The molecule has 0 aliphatic carbocycles. The Morgan fingerprint density at radius 1 is 1.19 bits per heavy atom. The quantitative estimate of drug-likeness (QED) is 0.788. The van der Waals surface area contributed by atoms with Crippen LogP contribution in [0.1, 0.15) is 15.9 Å². The van der Waals surface area contributed by atoms with Gasteiger partial charge in [-0.25, -0.2) is 9.18 Å². The first kappa shape index (κ1) is 13.6. The van der Waals surface area contributed by atoms with Gasteiger partial charge in [0, 0.05) is 27.7 Å². The van der Waals surface area contributed by atoms with Crippen LogP contribution in [0.2, 0.25) is 5.02 Å². The van der Waals surface area contributed by atoms with Gasteiger partial charge >= 0.3 is 5.97 Å². The predicted molar refractivity (Wildman–Crippen MR) is 79.4 cm³/mol. The first-order valence-corrected chi connectivity index (χ1v) is 6.68. The van der Waals surface area contributed by atoms with Crippen LogP contribution in [-0.4, -0.2) is 15.6 Å². The zero-order chi connectivity index (χ0) is 15.0. The minimum atomic E-state index is -0.967. The highest BCUT2D eigenvalue weighted by Gasteiger charge is 2.09. The number of nitrogens with zero attached hydrogens (tertiary/aromatic N) is 1. The maximum Gasteiger partial charge on any atom is 0.335 e. The van der Waals surface area contributed by atoms with Crippen molar-refractivity contribution in [2.24, 2.45) is 0 Å². The molecule has 21 heavy (non-hydrogen) atoms. The molecule has 0 aliphatic heterocycles. The third-order valence-corrected chi connectivity index (χ3v) is 3.60. The number of rotatable bonds is 3. The fourth-order valence-electron chi connectivity index (χ4n) is 2.32. The molecule has 1 heterocycles. The number of fused-ring (bicyclic) bond motifs is 1. The van der Waals surface area contributed by atoms with Crippen LogP contribution in [0.15, 0.2) is 48.7 Å². The van der Waals surface area contributed by atoms with E-state index in [1.807, 2.05) is 10.6 Å². The molecule has 1 N–H and O–H groups in total. The molecule has 2 aromatic carbocycles. The number of carboxylic acids is 1. The number of aromatic carboxylic acids is 1. The molecule has 3 nitrogen and oxygen atoms in total. The zero-order valence-electron chi connectivity index (χ0n) is 10.9. The predicted octanol–water partition coefficient (Wildman–Crippen LogP) is 4.18. The average Bonchev–Trinajstić information content (AvgIpc) is 2.85. The molecule has 3 rings (SSSR count). The molecule has 0 aliphatic rings. The van der Waals surface area contributed by atoms with E-state index in [9.17, 15) is 9.18 Å². The summed E-state index contributed by atoms with van der Waals surface area (Å²) in [4.78, 5) is 11.0. The van der Waals surface area contributed by atoms with Crippen LogP contribution in [0.5, 0.6) is 0 Å². The monoisotopic (exact) mass is 303 g/mol. The molecule has 0 spiro atoms. The van der Waals surface area contributed by atoms with Gasteiger partial charge in [-0.2, -0.15) is 0 Å². The van der Waals surface area contributed by atoms with Gasteiger partial charge in [-0.15, -0.1) is 0 Å². The lowest BCUT2D eigenvalue weighted by Gasteiger charge is -2.07. The van der Waals surface area contributed by atoms with E-state index in [2.05, 4.69) is 0 Å². The van der Waals surface area contributed by atoms with E-state index in [0.717, 1.165) is 10.9 Å². The molecule has 1 aromatic heterocycles. The number of hydrogen-bond acceptors (Lipinski definition) is 1. The van der Waals surface area contributed by atoms with Crippen LogP contribution in [-0.2, 0) is 6.54 Å². The Bertz CT molecular complexity index is 841. The number of aromatic nitrogens is 1. The van der Waals surface area contributed by atoms with Gasteiger partial charge in [-0.3, -0.25) is 0 Å². The summed E-state index contributed by atoms with van der Waals surface area (Å²) < 4.78 is 15.6. The molecule has 0 saturated carbocycles. The van der Waals surface area contributed by atoms with E-state index in [0.29, 0.717) is 17.1 Å². The van der Waals surface area contributed by atoms with E-state index in [1.54, 1.807) is 24.4 Å². The molecule has 0 fully saturated rings. The van der Waals surface area contributed by atoms with Crippen molar-refractivity contribution >= 4 is 28.5 Å². The van der Waals surface area contributed by atoms with Gasteiger partial charge in [-0.1, -0.05) is 11.6 Å². The van der Waals surface area contributed by atoms with Crippen molar-refractivity contribution in [1.82, 2.24) is 4.57 Å². The smallest absolute Gasteiger partial charge is 0.335 e. The van der Waals surface area contributed by atoms with Gasteiger partial charge < -0.3 is 9.67 Å². The molecule has 106 valence electrons. The molecular weight excluding hydrogens is 293 g/mol. The van der Waals surface area contributed by atoms with Crippen molar-refractivity contribution in [3.05, 3.63) is 70.6 Å². The summed E-state index contributed by atoms with van der Waals surface area (Å²) in [5.74, 6) is -1.28. The van der Waals surface area contributed by atoms with E-state index in [4.69, 9.17) is 16.7 Å².